The van der Waals surface area contributed by atoms with Crippen LogP contribution in [0.4, 0.5) is 5.69 Å². The quantitative estimate of drug-likeness (QED) is 0.632. The first kappa shape index (κ1) is 9.52. The molecule has 0 saturated carbocycles. The second-order valence-corrected chi connectivity index (χ2v) is 4.26. The average Bonchev–Trinajstić information content (AvgIpc) is 2.23. The Morgan fingerprint density at radius 3 is 2.21 bits per heavy atom. The van der Waals surface area contributed by atoms with Gasteiger partial charge in [-0.25, -0.2) is 0 Å². The SMILES string of the molecule is Nc1cc(-c2ccccc2)ccc1I. The molecule has 2 heteroatoms. The molecule has 0 unspecified atom stereocenters. The first-order chi connectivity index (χ1) is 6.77. The monoisotopic (exact) mass is 295 g/mol. The van der Waals surface area contributed by atoms with E-state index in [1.807, 2.05) is 30.3 Å². The number of hydrogen-bond acceptors (Lipinski definition) is 1. The van der Waals surface area contributed by atoms with Crippen molar-refractivity contribution in [1.82, 2.24) is 0 Å². The summed E-state index contributed by atoms with van der Waals surface area (Å²) in [7, 11) is 0. The van der Waals surface area contributed by atoms with E-state index in [9.17, 15) is 0 Å². The molecule has 14 heavy (non-hydrogen) atoms. The van der Waals surface area contributed by atoms with Gasteiger partial charge >= 0.3 is 0 Å². The van der Waals surface area contributed by atoms with E-state index < -0.39 is 0 Å². The average molecular weight is 295 g/mol. The molecule has 0 radical (unpaired) electrons. The fourth-order valence-electron chi connectivity index (χ4n) is 1.35. The number of hydrogen-bond donors (Lipinski definition) is 1. The zero-order valence-electron chi connectivity index (χ0n) is 7.57. The summed E-state index contributed by atoms with van der Waals surface area (Å²) in [5.41, 5.74) is 9.06. The van der Waals surface area contributed by atoms with Gasteiger partial charge in [-0.3, -0.25) is 0 Å². The van der Waals surface area contributed by atoms with Crippen LogP contribution in [0.15, 0.2) is 48.5 Å². The van der Waals surface area contributed by atoms with Crippen molar-refractivity contribution in [3.63, 3.8) is 0 Å². The maximum absolute atomic E-state index is 5.85. The van der Waals surface area contributed by atoms with Crippen LogP contribution in [0.25, 0.3) is 11.1 Å². The highest BCUT2D eigenvalue weighted by Crippen LogP contribution is 2.24. The van der Waals surface area contributed by atoms with E-state index >= 15 is 0 Å². The van der Waals surface area contributed by atoms with E-state index in [1.54, 1.807) is 0 Å². The molecule has 70 valence electrons. The van der Waals surface area contributed by atoms with Gasteiger partial charge < -0.3 is 5.73 Å². The highest BCUT2D eigenvalue weighted by atomic mass is 127. The van der Waals surface area contributed by atoms with Crippen molar-refractivity contribution >= 4 is 28.3 Å². The largest absolute Gasteiger partial charge is 0.398 e. The Bertz CT molecular complexity index is 437. The molecule has 0 aliphatic carbocycles. The van der Waals surface area contributed by atoms with Crippen molar-refractivity contribution in [3.05, 3.63) is 52.1 Å². The van der Waals surface area contributed by atoms with Crippen LogP contribution in [0.1, 0.15) is 0 Å². The molecule has 0 aliphatic heterocycles. The van der Waals surface area contributed by atoms with E-state index in [-0.39, 0.29) is 0 Å². The maximum atomic E-state index is 5.85. The Morgan fingerprint density at radius 1 is 0.857 bits per heavy atom. The van der Waals surface area contributed by atoms with Gasteiger partial charge in [-0.05, 0) is 45.9 Å². The van der Waals surface area contributed by atoms with E-state index in [1.165, 1.54) is 11.1 Å². The highest BCUT2D eigenvalue weighted by Gasteiger charge is 1.99. The summed E-state index contributed by atoms with van der Waals surface area (Å²) in [5, 5.41) is 0. The van der Waals surface area contributed by atoms with E-state index in [0.29, 0.717) is 0 Å². The summed E-state index contributed by atoms with van der Waals surface area (Å²) in [6.07, 6.45) is 0. The molecule has 2 rings (SSSR count). The summed E-state index contributed by atoms with van der Waals surface area (Å²) in [6.45, 7) is 0. The Balaban J connectivity index is 2.48. The van der Waals surface area contributed by atoms with Gasteiger partial charge in [0.15, 0.2) is 0 Å². The Kier molecular flexibility index (Phi) is 2.72. The second kappa shape index (κ2) is 4.00. The maximum Gasteiger partial charge on any atom is 0.0455 e. The molecule has 2 aromatic rings. The second-order valence-electron chi connectivity index (χ2n) is 3.10. The fraction of sp³-hybridized carbons (Fsp3) is 0. The van der Waals surface area contributed by atoms with Crippen LogP contribution in [0.3, 0.4) is 0 Å². The number of nitrogens with two attached hydrogens (primary N) is 1. The predicted octanol–water partition coefficient (Wildman–Crippen LogP) is 3.54. The van der Waals surface area contributed by atoms with Gasteiger partial charge in [0.2, 0.25) is 0 Å². The van der Waals surface area contributed by atoms with E-state index in [0.717, 1.165) is 9.26 Å². The van der Waals surface area contributed by atoms with Crippen molar-refractivity contribution in [3.8, 4) is 11.1 Å². The van der Waals surface area contributed by atoms with Crippen LogP contribution in [0, 0.1) is 3.57 Å². The molecule has 0 heterocycles. The van der Waals surface area contributed by atoms with Crippen LogP contribution in [-0.2, 0) is 0 Å². The summed E-state index contributed by atoms with van der Waals surface area (Å²) in [5.74, 6) is 0. The zero-order chi connectivity index (χ0) is 9.97. The van der Waals surface area contributed by atoms with Gasteiger partial charge in [0, 0.05) is 9.26 Å². The molecular weight excluding hydrogens is 285 g/mol. The first-order valence-corrected chi connectivity index (χ1v) is 5.46. The smallest absolute Gasteiger partial charge is 0.0455 e. The van der Waals surface area contributed by atoms with Gasteiger partial charge in [0.05, 0.1) is 0 Å². The van der Waals surface area contributed by atoms with Crippen molar-refractivity contribution in [2.24, 2.45) is 0 Å². The normalized spacial score (nSPS) is 10.1. The van der Waals surface area contributed by atoms with E-state index in [2.05, 4.69) is 40.8 Å². The molecule has 2 aromatic carbocycles. The Hall–Kier alpha value is -1.03. The third kappa shape index (κ3) is 1.90. The van der Waals surface area contributed by atoms with Gasteiger partial charge in [-0.15, -0.1) is 0 Å². The molecule has 0 fully saturated rings. The van der Waals surface area contributed by atoms with Gasteiger partial charge in [-0.1, -0.05) is 36.4 Å². The molecule has 0 amide bonds. The lowest BCUT2D eigenvalue weighted by molar-refractivity contribution is 1.58. The van der Waals surface area contributed by atoms with Crippen LogP contribution < -0.4 is 5.73 Å². The molecule has 2 N–H and O–H groups in total. The lowest BCUT2D eigenvalue weighted by atomic mass is 10.1. The number of benzene rings is 2. The predicted molar refractivity (Wildman–Crippen MR) is 69.0 cm³/mol. The third-order valence-corrected chi connectivity index (χ3v) is 3.09. The van der Waals surface area contributed by atoms with Crippen molar-refractivity contribution < 1.29 is 0 Å². The molecule has 0 aromatic heterocycles. The van der Waals surface area contributed by atoms with Gasteiger partial charge in [0.1, 0.15) is 0 Å². The number of nitrogen functional groups attached to an aromatic ring is 1. The third-order valence-electron chi connectivity index (χ3n) is 2.10. The summed E-state index contributed by atoms with van der Waals surface area (Å²) < 4.78 is 1.10. The lowest BCUT2D eigenvalue weighted by Gasteiger charge is -2.03. The molecule has 0 bridgehead atoms. The van der Waals surface area contributed by atoms with E-state index in [4.69, 9.17) is 5.73 Å². The van der Waals surface area contributed by atoms with Crippen LogP contribution in [0.5, 0.6) is 0 Å². The minimum atomic E-state index is 0.840. The highest BCUT2D eigenvalue weighted by molar-refractivity contribution is 14.1. The minimum absolute atomic E-state index is 0.840. The molecular formula is C12H10IN. The molecule has 0 atom stereocenters. The number of anilines is 1. The fourth-order valence-corrected chi connectivity index (χ4v) is 1.69. The van der Waals surface area contributed by atoms with Crippen LogP contribution in [0.2, 0.25) is 0 Å². The van der Waals surface area contributed by atoms with Crippen LogP contribution in [-0.4, -0.2) is 0 Å². The molecule has 0 saturated heterocycles. The molecule has 0 aliphatic rings. The topological polar surface area (TPSA) is 26.0 Å². The van der Waals surface area contributed by atoms with Crippen LogP contribution >= 0.6 is 22.6 Å². The van der Waals surface area contributed by atoms with Crippen molar-refractivity contribution in [1.29, 1.82) is 0 Å². The summed E-state index contributed by atoms with van der Waals surface area (Å²) >= 11 is 2.24. The van der Waals surface area contributed by atoms with Crippen molar-refractivity contribution in [2.45, 2.75) is 0 Å². The van der Waals surface area contributed by atoms with Gasteiger partial charge in [0.25, 0.3) is 0 Å². The minimum Gasteiger partial charge on any atom is -0.398 e. The summed E-state index contributed by atoms with van der Waals surface area (Å²) in [4.78, 5) is 0. The Labute approximate surface area is 97.1 Å². The Morgan fingerprint density at radius 2 is 1.57 bits per heavy atom. The number of halogens is 1. The number of rotatable bonds is 1. The molecule has 1 nitrogen and oxygen atoms in total. The van der Waals surface area contributed by atoms with Gasteiger partial charge in [-0.2, -0.15) is 0 Å². The summed E-state index contributed by atoms with van der Waals surface area (Å²) in [6, 6.07) is 16.4. The zero-order valence-corrected chi connectivity index (χ0v) is 9.73. The lowest BCUT2D eigenvalue weighted by Crippen LogP contribution is -1.89. The van der Waals surface area contributed by atoms with Crippen molar-refractivity contribution in [2.75, 3.05) is 5.73 Å². The molecule has 0 spiro atoms. The standard InChI is InChI=1S/C12H10IN/c13-11-7-6-10(8-12(11)14)9-4-2-1-3-5-9/h1-8H,14H2. The first-order valence-electron chi connectivity index (χ1n) is 4.38.